The van der Waals surface area contributed by atoms with Gasteiger partial charge in [-0.3, -0.25) is 9.52 Å². The number of para-hydroxylation sites is 1. The number of nitrogens with one attached hydrogen (secondary N) is 2. The summed E-state index contributed by atoms with van der Waals surface area (Å²) in [6.07, 6.45) is 0.411. The van der Waals surface area contributed by atoms with Gasteiger partial charge in [-0.15, -0.1) is 0 Å². The van der Waals surface area contributed by atoms with Crippen LogP contribution in [0, 0.1) is 18.7 Å². The van der Waals surface area contributed by atoms with Gasteiger partial charge in [-0.1, -0.05) is 32.0 Å². The number of aromatic nitrogens is 1. The summed E-state index contributed by atoms with van der Waals surface area (Å²) in [5.41, 5.74) is 1.21. The Labute approximate surface area is 180 Å². The number of nitrogens with zero attached hydrogens (tertiary/aromatic N) is 1. The normalized spacial score (nSPS) is 11.5. The molecule has 0 fully saturated rings. The van der Waals surface area contributed by atoms with Crippen molar-refractivity contribution in [3.63, 3.8) is 0 Å². The summed E-state index contributed by atoms with van der Waals surface area (Å²) in [6, 6.07) is 11.4. The van der Waals surface area contributed by atoms with Crippen molar-refractivity contribution in [2.75, 3.05) is 4.72 Å². The number of benzene rings is 2. The van der Waals surface area contributed by atoms with Crippen molar-refractivity contribution in [1.82, 2.24) is 10.3 Å². The van der Waals surface area contributed by atoms with Crippen LogP contribution in [0.4, 0.5) is 10.1 Å². The summed E-state index contributed by atoms with van der Waals surface area (Å²) in [4.78, 5) is 16.1. The van der Waals surface area contributed by atoms with Crippen LogP contribution in [-0.4, -0.2) is 19.3 Å². The van der Waals surface area contributed by atoms with Crippen LogP contribution in [0.2, 0.25) is 0 Å². The van der Waals surface area contributed by atoms with Crippen molar-refractivity contribution in [1.29, 1.82) is 0 Å². The van der Waals surface area contributed by atoms with Gasteiger partial charge in [0.1, 0.15) is 17.3 Å². The van der Waals surface area contributed by atoms with E-state index in [0.717, 1.165) is 6.07 Å². The Kier molecular flexibility index (Phi) is 6.74. The van der Waals surface area contributed by atoms with Crippen LogP contribution in [0.3, 0.4) is 0 Å². The van der Waals surface area contributed by atoms with E-state index < -0.39 is 15.8 Å². The molecule has 1 amide bonds. The third kappa shape index (κ3) is 5.69. The molecule has 0 aliphatic heterocycles. The molecule has 0 unspecified atom stereocenters. The van der Waals surface area contributed by atoms with E-state index in [-0.39, 0.29) is 34.8 Å². The van der Waals surface area contributed by atoms with E-state index in [9.17, 15) is 17.6 Å². The van der Waals surface area contributed by atoms with Crippen LogP contribution in [-0.2, 0) is 21.4 Å². The Balaban J connectivity index is 1.85. The molecule has 0 saturated carbocycles. The maximum Gasteiger partial charge on any atom is 0.262 e. The molecule has 3 aromatic rings. The Bertz CT molecular complexity index is 1190. The van der Waals surface area contributed by atoms with Gasteiger partial charge in [0.05, 0.1) is 22.7 Å². The molecular formula is C22H24FN3O4S. The van der Waals surface area contributed by atoms with Crippen LogP contribution in [0.25, 0.3) is 11.5 Å². The maximum atomic E-state index is 13.5. The van der Waals surface area contributed by atoms with E-state index in [2.05, 4.69) is 15.0 Å². The second-order valence-electron chi connectivity index (χ2n) is 7.51. The van der Waals surface area contributed by atoms with Gasteiger partial charge in [0, 0.05) is 6.42 Å². The molecule has 0 radical (unpaired) electrons. The van der Waals surface area contributed by atoms with Gasteiger partial charge in [-0.05, 0) is 43.2 Å². The molecule has 9 heteroatoms. The lowest BCUT2D eigenvalue weighted by Gasteiger charge is -2.11. The smallest absolute Gasteiger partial charge is 0.262 e. The summed E-state index contributed by atoms with van der Waals surface area (Å²) >= 11 is 0. The summed E-state index contributed by atoms with van der Waals surface area (Å²) < 4.78 is 47.1. The third-order valence-electron chi connectivity index (χ3n) is 4.45. The second kappa shape index (κ2) is 9.30. The summed E-state index contributed by atoms with van der Waals surface area (Å²) in [7, 11) is -4.02. The Morgan fingerprint density at radius 3 is 2.61 bits per heavy atom. The molecule has 164 valence electrons. The molecule has 0 spiro atoms. The number of anilines is 1. The highest BCUT2D eigenvalue weighted by atomic mass is 32.2. The fourth-order valence-electron chi connectivity index (χ4n) is 2.93. The Morgan fingerprint density at radius 2 is 1.90 bits per heavy atom. The minimum absolute atomic E-state index is 0.0813. The monoisotopic (exact) mass is 445 g/mol. The van der Waals surface area contributed by atoms with Gasteiger partial charge < -0.3 is 9.73 Å². The van der Waals surface area contributed by atoms with Crippen molar-refractivity contribution in [3.8, 4) is 11.5 Å². The summed E-state index contributed by atoms with van der Waals surface area (Å²) in [5.74, 6) is 0.239. The molecule has 1 heterocycles. The van der Waals surface area contributed by atoms with Crippen LogP contribution in [0.15, 0.2) is 57.8 Å². The average molecular weight is 446 g/mol. The zero-order chi connectivity index (χ0) is 22.6. The van der Waals surface area contributed by atoms with Gasteiger partial charge in [-0.25, -0.2) is 17.8 Å². The SMILES string of the molecule is Cc1oc(-c2ccccc2NS(=O)(=O)c2cccc(F)c2)nc1CNC(=O)CC(C)C. The first-order valence-corrected chi connectivity index (χ1v) is 11.2. The largest absolute Gasteiger partial charge is 0.441 e. The highest BCUT2D eigenvalue weighted by Gasteiger charge is 2.20. The zero-order valence-corrected chi connectivity index (χ0v) is 18.3. The zero-order valence-electron chi connectivity index (χ0n) is 17.5. The van der Waals surface area contributed by atoms with Crippen molar-refractivity contribution in [2.45, 2.75) is 38.6 Å². The highest BCUT2D eigenvalue weighted by Crippen LogP contribution is 2.30. The lowest BCUT2D eigenvalue weighted by molar-refractivity contribution is -0.121. The first-order chi connectivity index (χ1) is 14.7. The number of hydrogen-bond donors (Lipinski definition) is 2. The Morgan fingerprint density at radius 1 is 1.16 bits per heavy atom. The number of carbonyl (C=O) groups excluding carboxylic acids is 1. The number of rotatable bonds is 8. The van der Waals surface area contributed by atoms with E-state index in [1.54, 1.807) is 31.2 Å². The van der Waals surface area contributed by atoms with Crippen LogP contribution >= 0.6 is 0 Å². The highest BCUT2D eigenvalue weighted by molar-refractivity contribution is 7.92. The lowest BCUT2D eigenvalue weighted by Crippen LogP contribution is -2.24. The second-order valence-corrected chi connectivity index (χ2v) is 9.19. The van der Waals surface area contributed by atoms with Crippen LogP contribution < -0.4 is 10.0 Å². The molecule has 0 aliphatic rings. The standard InChI is InChI=1S/C22H24FN3O4S/c1-14(2)11-21(27)24-13-20-15(3)30-22(25-20)18-9-4-5-10-19(18)26-31(28,29)17-8-6-7-16(23)12-17/h4-10,12,14,26H,11,13H2,1-3H3,(H,24,27). The van der Waals surface area contributed by atoms with Crippen molar-refractivity contribution in [2.24, 2.45) is 5.92 Å². The third-order valence-corrected chi connectivity index (χ3v) is 5.81. The average Bonchev–Trinajstić information content (AvgIpc) is 3.06. The van der Waals surface area contributed by atoms with Gasteiger partial charge >= 0.3 is 0 Å². The first-order valence-electron chi connectivity index (χ1n) is 9.76. The van der Waals surface area contributed by atoms with E-state index in [1.807, 2.05) is 13.8 Å². The topological polar surface area (TPSA) is 101 Å². The quantitative estimate of drug-likeness (QED) is 0.540. The molecule has 2 N–H and O–H groups in total. The fourth-order valence-corrected chi connectivity index (χ4v) is 4.04. The molecule has 0 bridgehead atoms. The molecular weight excluding hydrogens is 421 g/mol. The number of halogens is 1. The maximum absolute atomic E-state index is 13.5. The molecule has 0 atom stereocenters. The van der Waals surface area contributed by atoms with Crippen molar-refractivity contribution >= 4 is 21.6 Å². The number of hydrogen-bond acceptors (Lipinski definition) is 5. The minimum Gasteiger partial charge on any atom is -0.441 e. The van der Waals surface area contributed by atoms with E-state index in [4.69, 9.17) is 4.42 Å². The van der Waals surface area contributed by atoms with Crippen LogP contribution in [0.1, 0.15) is 31.7 Å². The molecule has 0 aliphatic carbocycles. The van der Waals surface area contributed by atoms with Gasteiger partial charge in [-0.2, -0.15) is 0 Å². The molecule has 31 heavy (non-hydrogen) atoms. The van der Waals surface area contributed by atoms with Crippen molar-refractivity contribution < 1.29 is 22.0 Å². The molecule has 1 aromatic heterocycles. The van der Waals surface area contributed by atoms with E-state index in [0.29, 0.717) is 23.4 Å². The lowest BCUT2D eigenvalue weighted by atomic mass is 10.1. The predicted molar refractivity (Wildman–Crippen MR) is 115 cm³/mol. The number of oxazole rings is 1. The molecule has 2 aromatic carbocycles. The van der Waals surface area contributed by atoms with Crippen molar-refractivity contribution in [3.05, 3.63) is 65.8 Å². The number of carbonyl (C=O) groups is 1. The first kappa shape index (κ1) is 22.5. The molecule has 3 rings (SSSR count). The number of amides is 1. The Hall–Kier alpha value is -3.20. The summed E-state index contributed by atoms with van der Waals surface area (Å²) in [6.45, 7) is 5.85. The van der Waals surface area contributed by atoms with Gasteiger partial charge in [0.15, 0.2) is 0 Å². The van der Waals surface area contributed by atoms with Gasteiger partial charge in [0.25, 0.3) is 10.0 Å². The molecule has 7 nitrogen and oxygen atoms in total. The number of aryl methyl sites for hydroxylation is 1. The number of sulfonamides is 1. The summed E-state index contributed by atoms with van der Waals surface area (Å²) in [5, 5.41) is 2.81. The predicted octanol–water partition coefficient (Wildman–Crippen LogP) is 4.25. The molecule has 0 saturated heterocycles. The van der Waals surface area contributed by atoms with Crippen LogP contribution in [0.5, 0.6) is 0 Å². The van der Waals surface area contributed by atoms with Gasteiger partial charge in [0.2, 0.25) is 11.8 Å². The van der Waals surface area contributed by atoms with E-state index in [1.165, 1.54) is 18.2 Å². The van der Waals surface area contributed by atoms with E-state index >= 15 is 0 Å². The fraction of sp³-hybridized carbons (Fsp3) is 0.273. The minimum atomic E-state index is -4.02.